The highest BCUT2D eigenvalue weighted by molar-refractivity contribution is 5.87. The van der Waals surface area contributed by atoms with Crippen LogP contribution >= 0.6 is 0 Å². The van der Waals surface area contributed by atoms with Crippen LogP contribution in [0.5, 0.6) is 0 Å². The lowest BCUT2D eigenvalue weighted by atomic mass is 10.1. The Morgan fingerprint density at radius 2 is 2.50 bits per heavy atom. The number of carbonyl (C=O) groups is 1. The fraction of sp³-hybridized carbons (Fsp3) is 0.400. The van der Waals surface area contributed by atoms with Crippen molar-refractivity contribution in [2.24, 2.45) is 5.73 Å². The van der Waals surface area contributed by atoms with E-state index in [0.717, 1.165) is 11.3 Å². The third kappa shape index (κ3) is 1.48. The summed E-state index contributed by atoms with van der Waals surface area (Å²) in [7, 11) is 0. The first-order valence-corrected chi connectivity index (χ1v) is 4.63. The fourth-order valence-corrected chi connectivity index (χ4v) is 1.53. The zero-order chi connectivity index (χ0) is 10.1. The number of pyridine rings is 1. The van der Waals surface area contributed by atoms with Gasteiger partial charge in [0, 0.05) is 12.7 Å². The highest BCUT2D eigenvalue weighted by atomic mass is 16.2. The van der Waals surface area contributed by atoms with E-state index in [-0.39, 0.29) is 11.9 Å². The van der Waals surface area contributed by atoms with Gasteiger partial charge in [-0.15, -0.1) is 0 Å². The number of aryl methyl sites for hydroxylation is 1. The third-order valence-corrected chi connectivity index (χ3v) is 2.50. The van der Waals surface area contributed by atoms with Gasteiger partial charge in [-0.1, -0.05) is 6.07 Å². The summed E-state index contributed by atoms with van der Waals surface area (Å²) in [5.41, 5.74) is 7.56. The largest absolute Gasteiger partial charge is 0.333 e. The van der Waals surface area contributed by atoms with E-state index < -0.39 is 0 Å². The van der Waals surface area contributed by atoms with Crippen LogP contribution < -0.4 is 5.73 Å². The summed E-state index contributed by atoms with van der Waals surface area (Å²) < 4.78 is 0. The van der Waals surface area contributed by atoms with E-state index in [4.69, 9.17) is 5.73 Å². The van der Waals surface area contributed by atoms with Gasteiger partial charge in [-0.05, 0) is 18.6 Å². The smallest absolute Gasteiger partial charge is 0.241 e. The van der Waals surface area contributed by atoms with Crippen LogP contribution in [0.2, 0.25) is 0 Å². The van der Waals surface area contributed by atoms with Crippen molar-refractivity contribution < 1.29 is 4.79 Å². The van der Waals surface area contributed by atoms with Crippen molar-refractivity contribution in [3.63, 3.8) is 0 Å². The minimum Gasteiger partial charge on any atom is -0.333 e. The number of carbonyl (C=O) groups excluding carboxylic acids is 1. The van der Waals surface area contributed by atoms with Crippen LogP contribution in [0.3, 0.4) is 0 Å². The molecule has 1 atom stereocenters. The molecule has 0 bridgehead atoms. The molecule has 0 radical (unpaired) electrons. The van der Waals surface area contributed by atoms with Crippen molar-refractivity contribution in [3.8, 4) is 0 Å². The maximum Gasteiger partial charge on any atom is 0.241 e. The summed E-state index contributed by atoms with van der Waals surface area (Å²) in [5, 5.41) is 0. The second-order valence-corrected chi connectivity index (χ2v) is 3.59. The topological polar surface area (TPSA) is 59.2 Å². The van der Waals surface area contributed by atoms with Gasteiger partial charge < -0.3 is 10.6 Å². The first kappa shape index (κ1) is 9.15. The molecule has 0 aliphatic carbocycles. The molecule has 74 valence electrons. The molecule has 2 rings (SSSR count). The molecule has 0 saturated carbocycles. The normalized spacial score (nSPS) is 20.9. The number of nitrogens with two attached hydrogens (primary N) is 1. The van der Waals surface area contributed by atoms with Gasteiger partial charge in [-0.3, -0.25) is 9.78 Å². The van der Waals surface area contributed by atoms with Crippen LogP contribution in [-0.4, -0.2) is 28.4 Å². The molecule has 0 aromatic carbocycles. The van der Waals surface area contributed by atoms with Crippen molar-refractivity contribution in [2.75, 3.05) is 6.54 Å². The van der Waals surface area contributed by atoms with Crippen molar-refractivity contribution in [2.45, 2.75) is 19.5 Å². The summed E-state index contributed by atoms with van der Waals surface area (Å²) >= 11 is 0. The van der Waals surface area contributed by atoms with Gasteiger partial charge >= 0.3 is 0 Å². The molecule has 1 unspecified atom stereocenters. The molecule has 1 aliphatic rings. The lowest BCUT2D eigenvalue weighted by Gasteiger charge is -2.36. The van der Waals surface area contributed by atoms with E-state index in [1.807, 2.05) is 19.1 Å². The maximum atomic E-state index is 11.3. The van der Waals surface area contributed by atoms with Gasteiger partial charge in [0.15, 0.2) is 0 Å². The van der Waals surface area contributed by atoms with Crippen molar-refractivity contribution in [1.29, 1.82) is 0 Å². The Labute approximate surface area is 82.7 Å². The van der Waals surface area contributed by atoms with Gasteiger partial charge in [0.2, 0.25) is 5.91 Å². The molecule has 2 heterocycles. The fourth-order valence-electron chi connectivity index (χ4n) is 1.53. The summed E-state index contributed by atoms with van der Waals surface area (Å²) in [6, 6.07) is 3.59. The van der Waals surface area contributed by atoms with Gasteiger partial charge in [0.25, 0.3) is 0 Å². The molecule has 4 heteroatoms. The summed E-state index contributed by atoms with van der Waals surface area (Å²) in [6.07, 6.45) is 1.74. The van der Waals surface area contributed by atoms with E-state index in [1.54, 1.807) is 11.1 Å². The number of aromatic nitrogens is 1. The zero-order valence-electron chi connectivity index (χ0n) is 8.10. The first-order chi connectivity index (χ1) is 6.68. The van der Waals surface area contributed by atoms with Gasteiger partial charge in [0.1, 0.15) is 6.04 Å². The lowest BCUT2D eigenvalue weighted by molar-refractivity contribution is -0.143. The van der Waals surface area contributed by atoms with Crippen molar-refractivity contribution in [1.82, 2.24) is 9.88 Å². The quantitative estimate of drug-likeness (QED) is 0.672. The number of hydrogen-bond donors (Lipinski definition) is 1. The number of likely N-dealkylation sites (tertiary alicyclic amines) is 1. The predicted molar refractivity (Wildman–Crippen MR) is 52.4 cm³/mol. The Balaban J connectivity index is 2.06. The molecule has 1 aromatic heterocycles. The van der Waals surface area contributed by atoms with Gasteiger partial charge in [0.05, 0.1) is 12.2 Å². The Bertz CT molecular complexity index is 364. The lowest BCUT2D eigenvalue weighted by Crippen LogP contribution is -2.60. The van der Waals surface area contributed by atoms with E-state index in [1.165, 1.54) is 0 Å². The van der Waals surface area contributed by atoms with Gasteiger partial charge in [-0.2, -0.15) is 0 Å². The summed E-state index contributed by atoms with van der Waals surface area (Å²) in [5.74, 6) is 0.0232. The van der Waals surface area contributed by atoms with Crippen LogP contribution in [0, 0.1) is 6.92 Å². The number of hydrogen-bond acceptors (Lipinski definition) is 3. The number of rotatable bonds is 2. The minimum atomic E-state index is -0.293. The molecule has 14 heavy (non-hydrogen) atoms. The maximum absolute atomic E-state index is 11.3. The second-order valence-electron chi connectivity index (χ2n) is 3.59. The molecule has 4 nitrogen and oxygen atoms in total. The highest BCUT2D eigenvalue weighted by Crippen LogP contribution is 2.13. The molecule has 1 aliphatic heterocycles. The number of amides is 1. The SMILES string of the molecule is Cc1cccnc1CN1CC(N)C1=O. The van der Waals surface area contributed by atoms with Crippen molar-refractivity contribution in [3.05, 3.63) is 29.6 Å². The Kier molecular flexibility index (Phi) is 2.21. The van der Waals surface area contributed by atoms with Crippen LogP contribution in [0.4, 0.5) is 0 Å². The molecular weight excluding hydrogens is 178 g/mol. The Hall–Kier alpha value is -1.42. The van der Waals surface area contributed by atoms with E-state index in [2.05, 4.69) is 4.98 Å². The first-order valence-electron chi connectivity index (χ1n) is 4.63. The highest BCUT2D eigenvalue weighted by Gasteiger charge is 2.33. The average molecular weight is 191 g/mol. The number of β-lactam (4-membered cyclic amide) rings is 1. The van der Waals surface area contributed by atoms with Crippen LogP contribution in [0.15, 0.2) is 18.3 Å². The molecule has 1 amide bonds. The zero-order valence-corrected chi connectivity index (χ0v) is 8.10. The predicted octanol–water partition coefficient (Wildman–Crippen LogP) is 0.0595. The standard InChI is InChI=1S/C10H13N3O/c1-7-3-2-4-12-9(7)6-13-5-8(11)10(13)14/h2-4,8H,5-6,11H2,1H3. The molecular formula is C10H13N3O. The van der Waals surface area contributed by atoms with Crippen molar-refractivity contribution >= 4 is 5.91 Å². The molecule has 0 spiro atoms. The molecule has 1 aromatic rings. The summed E-state index contributed by atoms with van der Waals surface area (Å²) in [4.78, 5) is 17.2. The van der Waals surface area contributed by atoms with E-state index >= 15 is 0 Å². The number of nitrogens with zero attached hydrogens (tertiary/aromatic N) is 2. The van der Waals surface area contributed by atoms with E-state index in [0.29, 0.717) is 13.1 Å². The molecule has 2 N–H and O–H groups in total. The Morgan fingerprint density at radius 1 is 1.71 bits per heavy atom. The minimum absolute atomic E-state index is 0.0232. The summed E-state index contributed by atoms with van der Waals surface area (Å²) in [6.45, 7) is 3.22. The third-order valence-electron chi connectivity index (χ3n) is 2.50. The average Bonchev–Trinajstić information content (AvgIpc) is 2.20. The Morgan fingerprint density at radius 3 is 3.07 bits per heavy atom. The van der Waals surface area contributed by atoms with Crippen LogP contribution in [0.25, 0.3) is 0 Å². The molecule has 1 saturated heterocycles. The van der Waals surface area contributed by atoms with Crippen LogP contribution in [0.1, 0.15) is 11.3 Å². The van der Waals surface area contributed by atoms with Gasteiger partial charge in [-0.25, -0.2) is 0 Å². The monoisotopic (exact) mass is 191 g/mol. The van der Waals surface area contributed by atoms with E-state index in [9.17, 15) is 4.79 Å². The van der Waals surface area contributed by atoms with Crippen LogP contribution in [-0.2, 0) is 11.3 Å². The second kappa shape index (κ2) is 3.38. The molecule has 1 fully saturated rings.